The first-order valence-electron chi connectivity index (χ1n) is 4.68. The molecule has 0 saturated heterocycles. The van der Waals surface area contributed by atoms with Crippen molar-refractivity contribution in [2.75, 3.05) is 6.54 Å². The van der Waals surface area contributed by atoms with Gasteiger partial charge >= 0.3 is 5.97 Å². The quantitative estimate of drug-likeness (QED) is 0.809. The summed E-state index contributed by atoms with van der Waals surface area (Å²) in [6.45, 7) is 0.957. The zero-order valence-electron chi connectivity index (χ0n) is 8.08. The van der Waals surface area contributed by atoms with Crippen LogP contribution < -0.4 is 0 Å². The molecule has 1 atom stereocenters. The zero-order valence-corrected chi connectivity index (χ0v) is 8.08. The number of carbonyl (C=O) groups is 1. The van der Waals surface area contributed by atoms with Crippen LogP contribution in [-0.2, 0) is 11.3 Å². The van der Waals surface area contributed by atoms with Crippen molar-refractivity contribution in [2.45, 2.75) is 12.6 Å². The van der Waals surface area contributed by atoms with Crippen LogP contribution in [0.2, 0.25) is 0 Å². The van der Waals surface area contributed by atoms with Crippen LogP contribution >= 0.6 is 0 Å². The molecule has 78 valence electrons. The van der Waals surface area contributed by atoms with Gasteiger partial charge in [0.1, 0.15) is 0 Å². The predicted molar refractivity (Wildman–Crippen MR) is 53.1 cm³/mol. The fourth-order valence-electron chi connectivity index (χ4n) is 1.43. The number of benzene rings is 1. The molecule has 1 aliphatic rings. The molecule has 1 heterocycles. The van der Waals surface area contributed by atoms with Crippen LogP contribution in [0.3, 0.4) is 0 Å². The lowest BCUT2D eigenvalue weighted by Crippen LogP contribution is -2.26. The van der Waals surface area contributed by atoms with Gasteiger partial charge in [0.25, 0.3) is 0 Å². The fourth-order valence-corrected chi connectivity index (χ4v) is 1.43. The first-order valence-corrected chi connectivity index (χ1v) is 4.68. The molecule has 5 heteroatoms. The lowest BCUT2D eigenvalue weighted by molar-refractivity contribution is -0.138. The number of hydrogen-bond donors (Lipinski definition) is 1. The van der Waals surface area contributed by atoms with Gasteiger partial charge in [-0.05, 0) is 5.56 Å². The minimum atomic E-state index is -0.922. The van der Waals surface area contributed by atoms with Gasteiger partial charge in [0.05, 0.1) is 13.1 Å². The molecule has 1 aromatic rings. The van der Waals surface area contributed by atoms with E-state index >= 15 is 0 Å². The SMILES string of the molecule is O=C(O)C1CN(Cc2ccccc2)N=N1. The van der Waals surface area contributed by atoms with Crippen molar-refractivity contribution in [2.24, 2.45) is 10.3 Å². The zero-order chi connectivity index (χ0) is 10.7. The standard InChI is InChI=1S/C10H11N3O2/c14-10(15)9-7-13(12-11-9)6-8-4-2-1-3-5-8/h1-5,9H,6-7H2,(H,14,15). The molecule has 0 aliphatic carbocycles. The molecular weight excluding hydrogens is 194 g/mol. The van der Waals surface area contributed by atoms with Crippen LogP contribution in [0.25, 0.3) is 0 Å². The molecule has 0 fully saturated rings. The number of rotatable bonds is 3. The number of nitrogens with zero attached hydrogens (tertiary/aromatic N) is 3. The van der Waals surface area contributed by atoms with Gasteiger partial charge in [-0.3, -0.25) is 5.01 Å². The summed E-state index contributed by atoms with van der Waals surface area (Å²) in [5.41, 5.74) is 1.10. The summed E-state index contributed by atoms with van der Waals surface area (Å²) in [6.07, 6.45) is 0. The molecule has 1 aromatic carbocycles. The summed E-state index contributed by atoms with van der Waals surface area (Å²) in [7, 11) is 0. The number of carboxylic acids is 1. The molecule has 0 bridgehead atoms. The van der Waals surface area contributed by atoms with E-state index in [0.29, 0.717) is 13.1 Å². The highest BCUT2D eigenvalue weighted by atomic mass is 16.4. The van der Waals surface area contributed by atoms with Gasteiger partial charge < -0.3 is 5.11 Å². The molecule has 0 aromatic heterocycles. The second-order valence-corrected chi connectivity index (χ2v) is 3.39. The lowest BCUT2D eigenvalue weighted by atomic mass is 10.2. The Labute approximate surface area is 87.0 Å². The second-order valence-electron chi connectivity index (χ2n) is 3.39. The van der Waals surface area contributed by atoms with Crippen molar-refractivity contribution in [3.8, 4) is 0 Å². The molecule has 1 aliphatic heterocycles. The number of aliphatic carboxylic acids is 1. The van der Waals surface area contributed by atoms with Crippen molar-refractivity contribution < 1.29 is 9.90 Å². The minimum absolute atomic E-state index is 0.351. The van der Waals surface area contributed by atoms with E-state index < -0.39 is 12.0 Å². The summed E-state index contributed by atoms with van der Waals surface area (Å²) < 4.78 is 0. The van der Waals surface area contributed by atoms with Crippen molar-refractivity contribution in [1.29, 1.82) is 0 Å². The van der Waals surface area contributed by atoms with E-state index in [1.54, 1.807) is 5.01 Å². The lowest BCUT2D eigenvalue weighted by Gasteiger charge is -2.12. The maximum atomic E-state index is 10.6. The van der Waals surface area contributed by atoms with Crippen LogP contribution in [0.5, 0.6) is 0 Å². The van der Waals surface area contributed by atoms with Crippen LogP contribution in [0, 0.1) is 0 Å². The van der Waals surface area contributed by atoms with Crippen LogP contribution in [-0.4, -0.2) is 28.7 Å². The van der Waals surface area contributed by atoms with E-state index in [9.17, 15) is 4.79 Å². The molecule has 1 unspecified atom stereocenters. The summed E-state index contributed by atoms with van der Waals surface area (Å²) >= 11 is 0. The third kappa shape index (κ3) is 2.31. The average molecular weight is 205 g/mol. The highest BCUT2D eigenvalue weighted by Gasteiger charge is 2.25. The second kappa shape index (κ2) is 4.08. The summed E-state index contributed by atoms with van der Waals surface area (Å²) in [5, 5.41) is 17.9. The normalized spacial score (nSPS) is 19.5. The Balaban J connectivity index is 1.94. The first kappa shape index (κ1) is 9.64. The third-order valence-corrected chi connectivity index (χ3v) is 2.19. The number of hydrogen-bond acceptors (Lipinski definition) is 4. The number of carboxylic acid groups (broad SMARTS) is 1. The molecule has 2 rings (SSSR count). The Morgan fingerprint density at radius 2 is 2.20 bits per heavy atom. The largest absolute Gasteiger partial charge is 0.480 e. The third-order valence-electron chi connectivity index (χ3n) is 2.19. The average Bonchev–Trinajstić information content (AvgIpc) is 2.68. The Morgan fingerprint density at radius 3 is 2.80 bits per heavy atom. The van der Waals surface area contributed by atoms with Gasteiger partial charge in [-0.15, -0.1) is 0 Å². The van der Waals surface area contributed by atoms with E-state index in [1.165, 1.54) is 0 Å². The molecular formula is C10H11N3O2. The van der Waals surface area contributed by atoms with E-state index in [0.717, 1.165) is 5.56 Å². The van der Waals surface area contributed by atoms with Crippen LogP contribution in [0.4, 0.5) is 0 Å². The van der Waals surface area contributed by atoms with Crippen LogP contribution in [0.15, 0.2) is 40.7 Å². The predicted octanol–water partition coefficient (Wildman–Crippen LogP) is 1.32. The molecule has 0 radical (unpaired) electrons. The van der Waals surface area contributed by atoms with Crippen molar-refractivity contribution in [3.63, 3.8) is 0 Å². The van der Waals surface area contributed by atoms with Gasteiger partial charge in [-0.2, -0.15) is 5.11 Å². The monoisotopic (exact) mass is 205 g/mol. The van der Waals surface area contributed by atoms with Gasteiger partial charge in [0.2, 0.25) is 0 Å². The Bertz CT molecular complexity index is 378. The Hall–Kier alpha value is -1.91. The molecule has 0 amide bonds. The van der Waals surface area contributed by atoms with E-state index in [4.69, 9.17) is 5.11 Å². The summed E-state index contributed by atoms with van der Waals surface area (Å²) in [6, 6.07) is 9.06. The Kier molecular flexibility index (Phi) is 2.62. The van der Waals surface area contributed by atoms with E-state index in [-0.39, 0.29) is 0 Å². The Morgan fingerprint density at radius 1 is 1.47 bits per heavy atom. The fraction of sp³-hybridized carbons (Fsp3) is 0.300. The molecule has 1 N–H and O–H groups in total. The van der Waals surface area contributed by atoms with Gasteiger partial charge in [0, 0.05) is 0 Å². The van der Waals surface area contributed by atoms with E-state index in [1.807, 2.05) is 30.3 Å². The molecule has 15 heavy (non-hydrogen) atoms. The maximum Gasteiger partial charge on any atom is 0.332 e. The smallest absolute Gasteiger partial charge is 0.332 e. The first-order chi connectivity index (χ1) is 7.25. The van der Waals surface area contributed by atoms with E-state index in [2.05, 4.69) is 10.3 Å². The molecule has 5 nitrogen and oxygen atoms in total. The maximum absolute atomic E-state index is 10.6. The van der Waals surface area contributed by atoms with Crippen molar-refractivity contribution in [3.05, 3.63) is 35.9 Å². The topological polar surface area (TPSA) is 65.3 Å². The highest BCUT2D eigenvalue weighted by Crippen LogP contribution is 2.12. The summed E-state index contributed by atoms with van der Waals surface area (Å²) in [4.78, 5) is 10.6. The highest BCUT2D eigenvalue weighted by molar-refractivity contribution is 5.74. The molecule has 0 spiro atoms. The minimum Gasteiger partial charge on any atom is -0.480 e. The van der Waals surface area contributed by atoms with Gasteiger partial charge in [-0.25, -0.2) is 4.79 Å². The van der Waals surface area contributed by atoms with Crippen molar-refractivity contribution in [1.82, 2.24) is 5.01 Å². The van der Waals surface area contributed by atoms with Crippen molar-refractivity contribution >= 4 is 5.97 Å². The van der Waals surface area contributed by atoms with Crippen LogP contribution in [0.1, 0.15) is 5.56 Å². The van der Waals surface area contributed by atoms with Gasteiger partial charge in [-0.1, -0.05) is 35.6 Å². The summed E-state index contributed by atoms with van der Waals surface area (Å²) in [5.74, 6) is -0.922. The molecule has 0 saturated carbocycles. The van der Waals surface area contributed by atoms with Gasteiger partial charge in [0.15, 0.2) is 6.04 Å².